The molecule has 2 aromatic carbocycles. The van der Waals surface area contributed by atoms with E-state index in [0.29, 0.717) is 11.2 Å². The molecule has 0 aliphatic heterocycles. The van der Waals surface area contributed by atoms with Gasteiger partial charge in [-0.3, -0.25) is 19.1 Å². The molecule has 2 heterocycles. The summed E-state index contributed by atoms with van der Waals surface area (Å²) < 4.78 is 15.8. The Morgan fingerprint density at radius 2 is 1.80 bits per heavy atom. The lowest BCUT2D eigenvalue weighted by Crippen LogP contribution is -2.41. The van der Waals surface area contributed by atoms with Crippen molar-refractivity contribution in [3.8, 4) is 5.69 Å². The molecule has 7 nitrogen and oxygen atoms in total. The van der Waals surface area contributed by atoms with Gasteiger partial charge in [-0.25, -0.2) is 13.8 Å². The summed E-state index contributed by atoms with van der Waals surface area (Å²) in [5, 5.41) is 2.96. The summed E-state index contributed by atoms with van der Waals surface area (Å²) in [6.45, 7) is -0.0995. The molecule has 0 saturated carbocycles. The van der Waals surface area contributed by atoms with Crippen molar-refractivity contribution >= 4 is 16.8 Å². The minimum atomic E-state index is -0.725. The number of rotatable bonds is 5. The molecule has 2 aromatic heterocycles. The van der Waals surface area contributed by atoms with Gasteiger partial charge in [0.15, 0.2) is 0 Å². The van der Waals surface area contributed by atoms with E-state index < -0.39 is 23.0 Å². The number of hydrogen-bond acceptors (Lipinski definition) is 4. The summed E-state index contributed by atoms with van der Waals surface area (Å²) in [5.74, 6) is -0.996. The fraction of sp³-hybridized carbons (Fsp3) is 0.0909. The number of halogens is 1. The first kappa shape index (κ1) is 19.3. The number of fused-ring (bicyclic) bond motifs is 1. The Bertz CT molecular complexity index is 1350. The van der Waals surface area contributed by atoms with Gasteiger partial charge in [0, 0.05) is 6.20 Å². The molecule has 4 aromatic rings. The van der Waals surface area contributed by atoms with E-state index in [1.165, 1.54) is 22.8 Å². The SMILES string of the molecule is O=C(Cn1c(=O)n(-c2cccc(F)c2)c(=O)c2ccccc21)NCc1ccccn1. The van der Waals surface area contributed by atoms with Crippen molar-refractivity contribution in [2.75, 3.05) is 0 Å². The van der Waals surface area contributed by atoms with E-state index in [9.17, 15) is 18.8 Å². The minimum absolute atomic E-state index is 0.0957. The van der Waals surface area contributed by atoms with Gasteiger partial charge in [0.1, 0.15) is 12.4 Å². The first-order chi connectivity index (χ1) is 14.5. The van der Waals surface area contributed by atoms with Crippen LogP contribution in [0.4, 0.5) is 4.39 Å². The van der Waals surface area contributed by atoms with Gasteiger partial charge in [-0.05, 0) is 42.5 Å². The second-order valence-corrected chi connectivity index (χ2v) is 6.60. The molecule has 0 bridgehead atoms. The molecule has 150 valence electrons. The number of amides is 1. The molecule has 0 fully saturated rings. The number of para-hydroxylation sites is 1. The molecule has 0 radical (unpaired) electrons. The third kappa shape index (κ3) is 3.75. The quantitative estimate of drug-likeness (QED) is 0.551. The van der Waals surface area contributed by atoms with Gasteiger partial charge in [0.05, 0.1) is 28.8 Å². The lowest BCUT2D eigenvalue weighted by molar-refractivity contribution is -0.121. The highest BCUT2D eigenvalue weighted by Gasteiger charge is 2.16. The maximum atomic E-state index is 13.7. The van der Waals surface area contributed by atoms with Crippen LogP contribution in [-0.2, 0) is 17.9 Å². The Balaban J connectivity index is 1.76. The van der Waals surface area contributed by atoms with Gasteiger partial charge in [0.25, 0.3) is 5.56 Å². The molecule has 0 saturated heterocycles. The van der Waals surface area contributed by atoms with Gasteiger partial charge < -0.3 is 5.32 Å². The van der Waals surface area contributed by atoms with Crippen LogP contribution in [-0.4, -0.2) is 20.0 Å². The summed E-state index contributed by atoms with van der Waals surface area (Å²) in [6.07, 6.45) is 1.62. The van der Waals surface area contributed by atoms with E-state index in [-0.39, 0.29) is 24.2 Å². The highest BCUT2D eigenvalue weighted by atomic mass is 19.1. The van der Waals surface area contributed by atoms with Crippen LogP contribution in [0, 0.1) is 5.82 Å². The standard InChI is InChI=1S/C22H17FN4O3/c23-15-6-5-8-17(12-15)27-21(29)18-9-1-2-10-19(18)26(22(27)30)14-20(28)25-13-16-7-3-4-11-24-16/h1-12H,13-14H2,(H,25,28). The third-order valence-electron chi connectivity index (χ3n) is 4.61. The van der Waals surface area contributed by atoms with Crippen molar-refractivity contribution in [1.82, 2.24) is 19.4 Å². The Hall–Kier alpha value is -4.07. The number of pyridine rings is 1. The van der Waals surface area contributed by atoms with Crippen LogP contribution in [0.15, 0.2) is 82.5 Å². The van der Waals surface area contributed by atoms with Crippen molar-refractivity contribution in [2.45, 2.75) is 13.1 Å². The highest BCUT2D eigenvalue weighted by Crippen LogP contribution is 2.11. The summed E-state index contributed by atoms with van der Waals surface area (Å²) in [7, 11) is 0. The van der Waals surface area contributed by atoms with Crippen LogP contribution in [0.3, 0.4) is 0 Å². The smallest absolute Gasteiger partial charge is 0.336 e. The fourth-order valence-electron chi connectivity index (χ4n) is 3.21. The van der Waals surface area contributed by atoms with Crippen molar-refractivity contribution in [2.24, 2.45) is 0 Å². The summed E-state index contributed by atoms with van der Waals surface area (Å²) >= 11 is 0. The number of hydrogen-bond donors (Lipinski definition) is 1. The van der Waals surface area contributed by atoms with Crippen LogP contribution in [0.5, 0.6) is 0 Å². The molecule has 0 spiro atoms. The fourth-order valence-corrected chi connectivity index (χ4v) is 3.21. The van der Waals surface area contributed by atoms with Crippen molar-refractivity contribution in [3.05, 3.63) is 105 Å². The van der Waals surface area contributed by atoms with Gasteiger partial charge >= 0.3 is 5.69 Å². The minimum Gasteiger partial charge on any atom is -0.349 e. The molecule has 1 N–H and O–H groups in total. The molecule has 4 rings (SSSR count). The van der Waals surface area contributed by atoms with Crippen LogP contribution in [0.1, 0.15) is 5.69 Å². The Kier molecular flexibility index (Phi) is 5.21. The number of nitrogens with zero attached hydrogens (tertiary/aromatic N) is 3. The zero-order valence-corrected chi connectivity index (χ0v) is 15.8. The third-order valence-corrected chi connectivity index (χ3v) is 4.61. The van der Waals surface area contributed by atoms with Crippen LogP contribution < -0.4 is 16.6 Å². The predicted octanol–water partition coefficient (Wildman–Crippen LogP) is 2.00. The van der Waals surface area contributed by atoms with Gasteiger partial charge in [-0.1, -0.05) is 24.3 Å². The number of nitrogens with one attached hydrogen (secondary N) is 1. The van der Waals surface area contributed by atoms with Crippen molar-refractivity contribution < 1.29 is 9.18 Å². The molecule has 8 heteroatoms. The van der Waals surface area contributed by atoms with E-state index >= 15 is 0 Å². The van der Waals surface area contributed by atoms with E-state index in [0.717, 1.165) is 10.6 Å². The molecule has 30 heavy (non-hydrogen) atoms. The second kappa shape index (κ2) is 8.12. The van der Waals surface area contributed by atoms with Crippen LogP contribution in [0.2, 0.25) is 0 Å². The van der Waals surface area contributed by atoms with Crippen molar-refractivity contribution in [3.63, 3.8) is 0 Å². The first-order valence-electron chi connectivity index (χ1n) is 9.22. The van der Waals surface area contributed by atoms with Crippen LogP contribution >= 0.6 is 0 Å². The first-order valence-corrected chi connectivity index (χ1v) is 9.22. The maximum Gasteiger partial charge on any atom is 0.336 e. The lowest BCUT2D eigenvalue weighted by Gasteiger charge is -2.14. The zero-order chi connectivity index (χ0) is 21.1. The van der Waals surface area contributed by atoms with Crippen LogP contribution in [0.25, 0.3) is 16.6 Å². The number of aromatic nitrogens is 3. The zero-order valence-electron chi connectivity index (χ0n) is 15.8. The Morgan fingerprint density at radius 3 is 2.57 bits per heavy atom. The average Bonchev–Trinajstić information content (AvgIpc) is 2.76. The van der Waals surface area contributed by atoms with Gasteiger partial charge in [-0.15, -0.1) is 0 Å². The molecular formula is C22H17FN4O3. The van der Waals surface area contributed by atoms with E-state index in [2.05, 4.69) is 10.3 Å². The molecule has 0 aliphatic rings. The summed E-state index contributed by atoms with van der Waals surface area (Å²) in [4.78, 5) is 42.7. The molecule has 0 atom stereocenters. The predicted molar refractivity (Wildman–Crippen MR) is 110 cm³/mol. The normalized spacial score (nSPS) is 10.8. The number of benzene rings is 2. The van der Waals surface area contributed by atoms with E-state index in [1.807, 2.05) is 0 Å². The molecule has 0 unspecified atom stereocenters. The number of carbonyl (C=O) groups is 1. The molecule has 0 aliphatic carbocycles. The molecule has 1 amide bonds. The monoisotopic (exact) mass is 404 g/mol. The van der Waals surface area contributed by atoms with Gasteiger partial charge in [-0.2, -0.15) is 0 Å². The maximum absolute atomic E-state index is 13.7. The van der Waals surface area contributed by atoms with Gasteiger partial charge in [0.2, 0.25) is 5.91 Å². The largest absolute Gasteiger partial charge is 0.349 e. The second-order valence-electron chi connectivity index (χ2n) is 6.60. The Labute approximate surface area is 170 Å². The summed E-state index contributed by atoms with van der Waals surface area (Å²) in [5.41, 5.74) is -0.206. The Morgan fingerprint density at radius 1 is 1.00 bits per heavy atom. The average molecular weight is 404 g/mol. The molecular weight excluding hydrogens is 387 g/mol. The summed E-state index contributed by atoms with van der Waals surface area (Å²) in [6, 6.07) is 17.0. The van der Waals surface area contributed by atoms with E-state index in [1.54, 1.807) is 48.7 Å². The van der Waals surface area contributed by atoms with E-state index in [4.69, 9.17) is 0 Å². The highest BCUT2D eigenvalue weighted by molar-refractivity contribution is 5.81. The lowest BCUT2D eigenvalue weighted by atomic mass is 10.2. The topological polar surface area (TPSA) is 86.0 Å². The number of carbonyl (C=O) groups excluding carboxylic acids is 1. The van der Waals surface area contributed by atoms with Crippen molar-refractivity contribution in [1.29, 1.82) is 0 Å².